The van der Waals surface area contributed by atoms with Gasteiger partial charge in [-0.25, -0.2) is 5.01 Å². The Morgan fingerprint density at radius 3 is 2.29 bits per heavy atom. The van der Waals surface area contributed by atoms with Crippen molar-refractivity contribution in [3.05, 3.63) is 34.3 Å². The summed E-state index contributed by atoms with van der Waals surface area (Å²) in [5.41, 5.74) is 1.45. The van der Waals surface area contributed by atoms with Gasteiger partial charge in [0.25, 0.3) is 0 Å². The quantitative estimate of drug-likeness (QED) is 0.781. The zero-order chi connectivity index (χ0) is 9.97. The minimum absolute atomic E-state index is 0.697. The van der Waals surface area contributed by atoms with Gasteiger partial charge in [-0.2, -0.15) is 0 Å². The van der Waals surface area contributed by atoms with Crippen molar-refractivity contribution >= 4 is 15.9 Å². The van der Waals surface area contributed by atoms with Gasteiger partial charge in [-0.15, -0.1) is 0 Å². The second-order valence-corrected chi connectivity index (χ2v) is 4.78. The van der Waals surface area contributed by atoms with Crippen LogP contribution in [-0.4, -0.2) is 18.1 Å². The lowest BCUT2D eigenvalue weighted by Gasteiger charge is -2.28. The third-order valence-electron chi connectivity index (χ3n) is 2.87. The van der Waals surface area contributed by atoms with Crippen LogP contribution in [0.4, 0.5) is 0 Å². The van der Waals surface area contributed by atoms with Crippen molar-refractivity contribution in [3.8, 4) is 0 Å². The zero-order valence-corrected chi connectivity index (χ0v) is 9.70. The van der Waals surface area contributed by atoms with E-state index in [1.54, 1.807) is 0 Å². The van der Waals surface area contributed by atoms with Crippen molar-refractivity contribution in [3.63, 3.8) is 0 Å². The fourth-order valence-corrected chi connectivity index (χ4v) is 2.23. The van der Waals surface area contributed by atoms with Gasteiger partial charge in [0.15, 0.2) is 0 Å². The van der Waals surface area contributed by atoms with E-state index in [9.17, 15) is 0 Å². The highest BCUT2D eigenvalue weighted by molar-refractivity contribution is 9.10. The second kappa shape index (κ2) is 4.43. The van der Waals surface area contributed by atoms with E-state index < -0.39 is 0 Å². The molecule has 2 N–H and O–H groups in total. The summed E-state index contributed by atoms with van der Waals surface area (Å²) in [5, 5.41) is 1.91. The minimum atomic E-state index is 0.697. The van der Waals surface area contributed by atoms with Crippen LogP contribution >= 0.6 is 15.9 Å². The van der Waals surface area contributed by atoms with Gasteiger partial charge >= 0.3 is 0 Å². The van der Waals surface area contributed by atoms with Crippen molar-refractivity contribution in [1.29, 1.82) is 0 Å². The van der Waals surface area contributed by atoms with E-state index in [0.717, 1.165) is 17.6 Å². The van der Waals surface area contributed by atoms with Crippen molar-refractivity contribution in [2.45, 2.75) is 18.8 Å². The van der Waals surface area contributed by atoms with Crippen LogP contribution in [0, 0.1) is 0 Å². The molecule has 0 atom stereocenters. The number of piperidine rings is 1. The summed E-state index contributed by atoms with van der Waals surface area (Å²) in [6.07, 6.45) is 2.36. The lowest BCUT2D eigenvalue weighted by Crippen LogP contribution is -2.38. The first-order valence-electron chi connectivity index (χ1n) is 5.01. The number of halogens is 1. The number of hydrogen-bond acceptors (Lipinski definition) is 2. The molecule has 1 heterocycles. The first-order chi connectivity index (χ1) is 6.75. The molecule has 1 aliphatic rings. The highest BCUT2D eigenvalue weighted by atomic mass is 79.9. The first-order valence-corrected chi connectivity index (χ1v) is 5.80. The Hall–Kier alpha value is -0.380. The highest BCUT2D eigenvalue weighted by Gasteiger charge is 2.18. The van der Waals surface area contributed by atoms with Gasteiger partial charge in [0.2, 0.25) is 0 Å². The SMILES string of the molecule is NN1CCC(c2ccc(Br)cc2)CC1. The van der Waals surface area contributed by atoms with Gasteiger partial charge in [0.05, 0.1) is 0 Å². The van der Waals surface area contributed by atoms with Crippen molar-refractivity contribution in [2.75, 3.05) is 13.1 Å². The summed E-state index contributed by atoms with van der Waals surface area (Å²) in [6, 6.07) is 8.65. The summed E-state index contributed by atoms with van der Waals surface area (Å²) < 4.78 is 1.15. The molecule has 14 heavy (non-hydrogen) atoms. The van der Waals surface area contributed by atoms with Crippen molar-refractivity contribution in [2.24, 2.45) is 5.84 Å². The molecule has 76 valence electrons. The van der Waals surface area contributed by atoms with E-state index in [1.807, 2.05) is 5.01 Å². The monoisotopic (exact) mass is 254 g/mol. The molecule has 1 aromatic carbocycles. The molecule has 1 saturated heterocycles. The Morgan fingerprint density at radius 2 is 1.71 bits per heavy atom. The summed E-state index contributed by atoms with van der Waals surface area (Å²) in [4.78, 5) is 0. The summed E-state index contributed by atoms with van der Waals surface area (Å²) in [5.74, 6) is 6.42. The fraction of sp³-hybridized carbons (Fsp3) is 0.455. The Balaban J connectivity index is 2.05. The molecule has 1 aliphatic heterocycles. The normalized spacial score (nSPS) is 19.9. The molecule has 0 spiro atoms. The molecule has 0 radical (unpaired) electrons. The second-order valence-electron chi connectivity index (χ2n) is 3.86. The van der Waals surface area contributed by atoms with Crippen LogP contribution in [0.3, 0.4) is 0 Å². The lowest BCUT2D eigenvalue weighted by atomic mass is 9.90. The van der Waals surface area contributed by atoms with Gasteiger partial charge in [-0.05, 0) is 36.5 Å². The van der Waals surface area contributed by atoms with Gasteiger partial charge < -0.3 is 0 Å². The number of nitrogens with two attached hydrogens (primary N) is 1. The van der Waals surface area contributed by atoms with E-state index >= 15 is 0 Å². The average molecular weight is 255 g/mol. The smallest absolute Gasteiger partial charge is 0.0175 e. The minimum Gasteiger partial charge on any atom is -0.269 e. The Labute approximate surface area is 93.2 Å². The molecule has 0 aliphatic carbocycles. The van der Waals surface area contributed by atoms with E-state index in [2.05, 4.69) is 40.2 Å². The fourth-order valence-electron chi connectivity index (χ4n) is 1.97. The molecule has 2 nitrogen and oxygen atoms in total. The van der Waals surface area contributed by atoms with Crippen LogP contribution in [0.15, 0.2) is 28.7 Å². The number of nitrogens with zero attached hydrogens (tertiary/aromatic N) is 1. The largest absolute Gasteiger partial charge is 0.269 e. The average Bonchev–Trinajstić information content (AvgIpc) is 2.21. The van der Waals surface area contributed by atoms with E-state index in [-0.39, 0.29) is 0 Å². The number of hydrogen-bond donors (Lipinski definition) is 1. The van der Waals surface area contributed by atoms with Crippen LogP contribution in [0.2, 0.25) is 0 Å². The molecule has 0 unspecified atom stereocenters. The third kappa shape index (κ3) is 2.35. The van der Waals surface area contributed by atoms with Crippen LogP contribution < -0.4 is 5.84 Å². The highest BCUT2D eigenvalue weighted by Crippen LogP contribution is 2.27. The Morgan fingerprint density at radius 1 is 1.14 bits per heavy atom. The Bertz CT molecular complexity index is 289. The number of hydrazine groups is 1. The summed E-state index contributed by atoms with van der Waals surface area (Å²) in [7, 11) is 0. The predicted octanol–water partition coefficient (Wildman–Crippen LogP) is 2.50. The Kier molecular flexibility index (Phi) is 3.21. The van der Waals surface area contributed by atoms with Gasteiger partial charge in [-0.3, -0.25) is 5.84 Å². The van der Waals surface area contributed by atoms with Crippen LogP contribution in [0.25, 0.3) is 0 Å². The van der Waals surface area contributed by atoms with Crippen molar-refractivity contribution < 1.29 is 0 Å². The molecule has 3 heteroatoms. The van der Waals surface area contributed by atoms with E-state index in [0.29, 0.717) is 5.92 Å². The zero-order valence-electron chi connectivity index (χ0n) is 8.12. The van der Waals surface area contributed by atoms with Crippen LogP contribution in [0.1, 0.15) is 24.3 Å². The molecular formula is C11H15BrN2. The molecule has 0 bridgehead atoms. The maximum absolute atomic E-state index is 5.72. The summed E-state index contributed by atoms with van der Waals surface area (Å²) in [6.45, 7) is 2.03. The summed E-state index contributed by atoms with van der Waals surface area (Å²) >= 11 is 3.45. The molecule has 0 aromatic heterocycles. The maximum Gasteiger partial charge on any atom is 0.0175 e. The standard InChI is InChI=1S/C11H15BrN2/c12-11-3-1-9(2-4-11)10-5-7-14(13)8-6-10/h1-4,10H,5-8,13H2. The lowest BCUT2D eigenvalue weighted by molar-refractivity contribution is 0.217. The third-order valence-corrected chi connectivity index (χ3v) is 3.40. The van der Waals surface area contributed by atoms with Gasteiger partial charge in [0.1, 0.15) is 0 Å². The van der Waals surface area contributed by atoms with Crippen LogP contribution in [0.5, 0.6) is 0 Å². The first kappa shape index (κ1) is 10.1. The van der Waals surface area contributed by atoms with E-state index in [1.165, 1.54) is 18.4 Å². The topological polar surface area (TPSA) is 29.3 Å². The molecular weight excluding hydrogens is 240 g/mol. The van der Waals surface area contributed by atoms with Gasteiger partial charge in [0, 0.05) is 17.6 Å². The van der Waals surface area contributed by atoms with Crippen LogP contribution in [-0.2, 0) is 0 Å². The molecule has 0 saturated carbocycles. The molecule has 1 aromatic rings. The number of rotatable bonds is 1. The number of benzene rings is 1. The molecule has 1 fully saturated rings. The van der Waals surface area contributed by atoms with Gasteiger partial charge in [-0.1, -0.05) is 28.1 Å². The predicted molar refractivity (Wildman–Crippen MR) is 61.9 cm³/mol. The maximum atomic E-state index is 5.72. The van der Waals surface area contributed by atoms with Crippen molar-refractivity contribution in [1.82, 2.24) is 5.01 Å². The molecule has 2 rings (SSSR count). The van der Waals surface area contributed by atoms with E-state index in [4.69, 9.17) is 5.84 Å². The molecule has 0 amide bonds.